The van der Waals surface area contributed by atoms with Gasteiger partial charge in [-0.05, 0) is 18.6 Å². The van der Waals surface area contributed by atoms with Crippen molar-refractivity contribution in [2.24, 2.45) is 0 Å². The molecule has 1 heterocycles. The van der Waals surface area contributed by atoms with E-state index in [1.807, 2.05) is 13.0 Å². The van der Waals surface area contributed by atoms with Gasteiger partial charge in [0.2, 0.25) is 0 Å². The van der Waals surface area contributed by atoms with Gasteiger partial charge in [-0.1, -0.05) is 0 Å². The molecule has 0 saturated heterocycles. The highest BCUT2D eigenvalue weighted by Gasteiger charge is 2.03. The van der Waals surface area contributed by atoms with Gasteiger partial charge in [-0.15, -0.1) is 0 Å². The minimum absolute atomic E-state index is 0.344. The molecule has 1 atom stereocenters. The van der Waals surface area contributed by atoms with Gasteiger partial charge in [0.05, 0.1) is 12.7 Å². The van der Waals surface area contributed by atoms with Gasteiger partial charge in [0, 0.05) is 31.7 Å². The number of anilines is 1. The molecule has 0 aliphatic heterocycles. The van der Waals surface area contributed by atoms with Gasteiger partial charge < -0.3 is 15.2 Å². The molecule has 1 rings (SSSR count). The van der Waals surface area contributed by atoms with E-state index in [9.17, 15) is 5.11 Å². The van der Waals surface area contributed by atoms with Crippen LogP contribution in [0.25, 0.3) is 0 Å². The summed E-state index contributed by atoms with van der Waals surface area (Å²) in [6.07, 6.45) is 3.02. The van der Waals surface area contributed by atoms with E-state index in [4.69, 9.17) is 4.74 Å². The Bertz CT molecular complexity index is 279. The lowest BCUT2D eigenvalue weighted by atomic mass is 10.2. The number of aromatic nitrogens is 1. The fourth-order valence-corrected chi connectivity index (χ4v) is 1.15. The Labute approximate surface area is 83.9 Å². The summed E-state index contributed by atoms with van der Waals surface area (Å²) in [7, 11) is 1.57. The van der Waals surface area contributed by atoms with Crippen molar-refractivity contribution in [3.8, 4) is 0 Å². The average molecular weight is 196 g/mol. The Morgan fingerprint density at radius 2 is 2.43 bits per heavy atom. The Kier molecular flexibility index (Phi) is 4.35. The van der Waals surface area contributed by atoms with Gasteiger partial charge in [0.15, 0.2) is 0 Å². The second-order valence-electron chi connectivity index (χ2n) is 3.18. The second kappa shape index (κ2) is 5.57. The van der Waals surface area contributed by atoms with Gasteiger partial charge in [-0.2, -0.15) is 0 Å². The maximum atomic E-state index is 9.40. The van der Waals surface area contributed by atoms with Crippen molar-refractivity contribution in [3.05, 3.63) is 24.0 Å². The van der Waals surface area contributed by atoms with Gasteiger partial charge in [0.1, 0.15) is 0 Å². The summed E-state index contributed by atoms with van der Waals surface area (Å²) >= 11 is 0. The van der Waals surface area contributed by atoms with E-state index in [0.717, 1.165) is 11.3 Å². The van der Waals surface area contributed by atoms with Crippen LogP contribution in [0.3, 0.4) is 0 Å². The fourth-order valence-electron chi connectivity index (χ4n) is 1.15. The lowest BCUT2D eigenvalue weighted by Crippen LogP contribution is -2.24. The van der Waals surface area contributed by atoms with Gasteiger partial charge in [-0.3, -0.25) is 4.98 Å². The molecule has 0 fully saturated rings. The molecular weight excluding hydrogens is 180 g/mol. The molecule has 78 valence electrons. The van der Waals surface area contributed by atoms with Crippen molar-refractivity contribution in [2.45, 2.75) is 13.0 Å². The van der Waals surface area contributed by atoms with E-state index in [0.29, 0.717) is 13.2 Å². The third-order valence-electron chi connectivity index (χ3n) is 1.91. The number of pyridine rings is 1. The molecule has 0 aliphatic carbocycles. The lowest BCUT2D eigenvalue weighted by molar-refractivity contribution is 0.0727. The first-order chi connectivity index (χ1) is 6.74. The first kappa shape index (κ1) is 10.9. The van der Waals surface area contributed by atoms with E-state index in [1.165, 1.54) is 0 Å². The van der Waals surface area contributed by atoms with Crippen LogP contribution in [0, 0.1) is 6.92 Å². The monoisotopic (exact) mass is 196 g/mol. The summed E-state index contributed by atoms with van der Waals surface area (Å²) < 4.78 is 4.82. The van der Waals surface area contributed by atoms with Crippen molar-refractivity contribution in [1.29, 1.82) is 0 Å². The lowest BCUT2D eigenvalue weighted by Gasteiger charge is -2.12. The number of ether oxygens (including phenoxy) is 1. The number of aliphatic hydroxyl groups excluding tert-OH is 1. The summed E-state index contributed by atoms with van der Waals surface area (Å²) in [4.78, 5) is 3.98. The Morgan fingerprint density at radius 3 is 3.07 bits per heavy atom. The number of methoxy groups -OCH3 is 1. The number of rotatable bonds is 5. The molecular formula is C10H16N2O2. The number of aryl methyl sites for hydroxylation is 1. The van der Waals surface area contributed by atoms with E-state index in [-0.39, 0.29) is 0 Å². The molecule has 14 heavy (non-hydrogen) atoms. The third-order valence-corrected chi connectivity index (χ3v) is 1.91. The highest BCUT2D eigenvalue weighted by atomic mass is 16.5. The highest BCUT2D eigenvalue weighted by Crippen LogP contribution is 2.10. The average Bonchev–Trinajstić information content (AvgIpc) is 2.17. The van der Waals surface area contributed by atoms with Gasteiger partial charge in [0.25, 0.3) is 0 Å². The minimum Gasteiger partial charge on any atom is -0.389 e. The summed E-state index contributed by atoms with van der Waals surface area (Å²) in [5, 5.41) is 12.5. The van der Waals surface area contributed by atoms with E-state index >= 15 is 0 Å². The maximum Gasteiger partial charge on any atom is 0.0945 e. The van der Waals surface area contributed by atoms with Crippen LogP contribution in [0.15, 0.2) is 18.5 Å². The quantitative estimate of drug-likeness (QED) is 0.731. The van der Waals surface area contributed by atoms with Crippen LogP contribution in [0.2, 0.25) is 0 Å². The molecule has 0 aromatic carbocycles. The van der Waals surface area contributed by atoms with Crippen molar-refractivity contribution in [3.63, 3.8) is 0 Å². The topological polar surface area (TPSA) is 54.4 Å². The van der Waals surface area contributed by atoms with Crippen LogP contribution in [-0.4, -0.2) is 36.5 Å². The normalized spacial score (nSPS) is 12.5. The number of hydrogen-bond donors (Lipinski definition) is 2. The van der Waals surface area contributed by atoms with Gasteiger partial charge >= 0.3 is 0 Å². The Morgan fingerprint density at radius 1 is 1.64 bits per heavy atom. The van der Waals surface area contributed by atoms with Crippen molar-refractivity contribution in [2.75, 3.05) is 25.6 Å². The van der Waals surface area contributed by atoms with Crippen LogP contribution in [0.4, 0.5) is 5.69 Å². The molecule has 0 saturated carbocycles. The van der Waals surface area contributed by atoms with E-state index in [2.05, 4.69) is 10.3 Å². The standard InChI is InChI=1S/C10H16N2O2/c1-8-5-11-4-3-10(8)12-6-9(13)7-14-2/h3-5,9,13H,6-7H2,1-2H3,(H,11,12). The minimum atomic E-state index is -0.479. The van der Waals surface area contributed by atoms with E-state index in [1.54, 1.807) is 19.5 Å². The predicted molar refractivity (Wildman–Crippen MR) is 55.3 cm³/mol. The third kappa shape index (κ3) is 3.32. The number of nitrogens with zero attached hydrogens (tertiary/aromatic N) is 1. The van der Waals surface area contributed by atoms with Crippen LogP contribution in [-0.2, 0) is 4.74 Å². The van der Waals surface area contributed by atoms with Crippen LogP contribution < -0.4 is 5.32 Å². The molecule has 0 spiro atoms. The molecule has 0 amide bonds. The molecule has 1 unspecified atom stereocenters. The van der Waals surface area contributed by atoms with Crippen LogP contribution in [0.1, 0.15) is 5.56 Å². The molecule has 0 aliphatic rings. The van der Waals surface area contributed by atoms with Crippen molar-refractivity contribution < 1.29 is 9.84 Å². The Hall–Kier alpha value is -1.13. The fraction of sp³-hybridized carbons (Fsp3) is 0.500. The summed E-state index contributed by atoms with van der Waals surface area (Å²) in [5.41, 5.74) is 2.06. The summed E-state index contributed by atoms with van der Waals surface area (Å²) in [6, 6.07) is 1.88. The van der Waals surface area contributed by atoms with E-state index < -0.39 is 6.10 Å². The maximum absolute atomic E-state index is 9.40. The van der Waals surface area contributed by atoms with Crippen LogP contribution >= 0.6 is 0 Å². The number of hydrogen-bond acceptors (Lipinski definition) is 4. The highest BCUT2D eigenvalue weighted by molar-refractivity contribution is 5.48. The number of nitrogens with one attached hydrogen (secondary N) is 1. The Balaban J connectivity index is 2.41. The first-order valence-electron chi connectivity index (χ1n) is 4.55. The summed E-state index contributed by atoms with van der Waals surface area (Å²) in [6.45, 7) is 2.80. The zero-order chi connectivity index (χ0) is 10.4. The predicted octanol–water partition coefficient (Wildman–Crippen LogP) is 0.809. The summed E-state index contributed by atoms with van der Waals surface area (Å²) in [5.74, 6) is 0. The molecule has 4 nitrogen and oxygen atoms in total. The molecule has 2 N–H and O–H groups in total. The zero-order valence-electron chi connectivity index (χ0n) is 8.53. The number of aliphatic hydroxyl groups is 1. The van der Waals surface area contributed by atoms with Gasteiger partial charge in [-0.25, -0.2) is 0 Å². The molecule has 1 aromatic rings. The molecule has 1 aromatic heterocycles. The zero-order valence-corrected chi connectivity index (χ0v) is 8.53. The van der Waals surface area contributed by atoms with Crippen LogP contribution in [0.5, 0.6) is 0 Å². The molecule has 4 heteroatoms. The second-order valence-corrected chi connectivity index (χ2v) is 3.18. The smallest absolute Gasteiger partial charge is 0.0945 e. The van der Waals surface area contributed by atoms with Crippen molar-refractivity contribution >= 4 is 5.69 Å². The van der Waals surface area contributed by atoms with Crippen molar-refractivity contribution in [1.82, 2.24) is 4.98 Å². The molecule has 0 radical (unpaired) electrons. The SMILES string of the molecule is COCC(O)CNc1ccncc1C. The first-order valence-corrected chi connectivity index (χ1v) is 4.55. The largest absolute Gasteiger partial charge is 0.389 e. The molecule has 0 bridgehead atoms.